The SMILES string of the molecule is CN(Cc1cc(=O)oc2cc(O)ccc12)C(CN)C1CC1. The maximum atomic E-state index is 11.7. The fourth-order valence-corrected chi connectivity index (χ4v) is 2.95. The van der Waals surface area contributed by atoms with Gasteiger partial charge in [-0.25, -0.2) is 4.79 Å². The Bertz CT molecular complexity index is 706. The van der Waals surface area contributed by atoms with Crippen molar-refractivity contribution in [2.45, 2.75) is 25.4 Å². The summed E-state index contributed by atoms with van der Waals surface area (Å²) in [5.74, 6) is 0.768. The van der Waals surface area contributed by atoms with Crippen molar-refractivity contribution in [3.05, 3.63) is 40.2 Å². The smallest absolute Gasteiger partial charge is 0.336 e. The molecule has 0 amide bonds. The molecule has 0 spiro atoms. The third-order valence-corrected chi connectivity index (χ3v) is 4.21. The second-order valence-electron chi connectivity index (χ2n) is 5.83. The van der Waals surface area contributed by atoms with Gasteiger partial charge in [0.15, 0.2) is 0 Å². The molecule has 1 aromatic heterocycles. The van der Waals surface area contributed by atoms with Crippen molar-refractivity contribution >= 4 is 11.0 Å². The molecule has 1 aliphatic carbocycles. The van der Waals surface area contributed by atoms with Gasteiger partial charge >= 0.3 is 5.63 Å². The standard InChI is InChI=1S/C16H20N2O3/c1-18(14(8-17)10-2-3-10)9-11-6-16(20)21-15-7-12(19)4-5-13(11)15/h4-7,10,14,19H,2-3,8-9,17H2,1H3. The molecular formula is C16H20N2O3. The molecule has 0 bridgehead atoms. The fourth-order valence-electron chi connectivity index (χ4n) is 2.95. The number of benzene rings is 1. The predicted octanol–water partition coefficient (Wildman–Crippen LogP) is 1.67. The summed E-state index contributed by atoms with van der Waals surface area (Å²) in [7, 11) is 2.04. The molecule has 1 fully saturated rings. The largest absolute Gasteiger partial charge is 0.508 e. The minimum atomic E-state index is -0.396. The van der Waals surface area contributed by atoms with Crippen molar-refractivity contribution in [2.24, 2.45) is 11.7 Å². The molecule has 1 atom stereocenters. The summed E-state index contributed by atoms with van der Waals surface area (Å²) >= 11 is 0. The molecule has 5 heteroatoms. The monoisotopic (exact) mass is 288 g/mol. The average Bonchev–Trinajstić information content (AvgIpc) is 3.23. The van der Waals surface area contributed by atoms with E-state index in [4.69, 9.17) is 10.2 Å². The van der Waals surface area contributed by atoms with Crippen molar-refractivity contribution in [3.63, 3.8) is 0 Å². The number of phenolic OH excluding ortho intramolecular Hbond substituents is 1. The van der Waals surface area contributed by atoms with Crippen molar-refractivity contribution in [3.8, 4) is 5.75 Å². The lowest BCUT2D eigenvalue weighted by molar-refractivity contribution is 0.216. The number of likely N-dealkylation sites (N-methyl/N-ethyl adjacent to an activating group) is 1. The number of rotatable bonds is 5. The Labute approximate surface area is 123 Å². The maximum absolute atomic E-state index is 11.7. The van der Waals surface area contributed by atoms with Gasteiger partial charge in [-0.1, -0.05) is 0 Å². The van der Waals surface area contributed by atoms with E-state index in [1.54, 1.807) is 12.1 Å². The van der Waals surface area contributed by atoms with E-state index >= 15 is 0 Å². The Kier molecular flexibility index (Phi) is 3.69. The summed E-state index contributed by atoms with van der Waals surface area (Å²) in [4.78, 5) is 13.9. The van der Waals surface area contributed by atoms with Crippen molar-refractivity contribution in [1.29, 1.82) is 0 Å². The molecule has 1 saturated carbocycles. The van der Waals surface area contributed by atoms with E-state index in [0.717, 1.165) is 10.9 Å². The maximum Gasteiger partial charge on any atom is 0.336 e. The molecule has 0 radical (unpaired) electrons. The van der Waals surface area contributed by atoms with Gasteiger partial charge in [0.1, 0.15) is 11.3 Å². The topological polar surface area (TPSA) is 79.7 Å². The van der Waals surface area contributed by atoms with Gasteiger partial charge in [-0.3, -0.25) is 4.90 Å². The molecule has 21 heavy (non-hydrogen) atoms. The van der Waals surface area contributed by atoms with Gasteiger partial charge in [0.05, 0.1) is 0 Å². The van der Waals surface area contributed by atoms with E-state index in [0.29, 0.717) is 30.6 Å². The number of fused-ring (bicyclic) bond motifs is 1. The number of phenols is 1. The number of hydrogen-bond acceptors (Lipinski definition) is 5. The van der Waals surface area contributed by atoms with E-state index in [-0.39, 0.29) is 5.75 Å². The molecule has 3 rings (SSSR count). The van der Waals surface area contributed by atoms with Crippen LogP contribution in [0.5, 0.6) is 5.75 Å². The van der Waals surface area contributed by atoms with Crippen LogP contribution in [0.2, 0.25) is 0 Å². The summed E-state index contributed by atoms with van der Waals surface area (Å²) in [6.45, 7) is 1.27. The fraction of sp³-hybridized carbons (Fsp3) is 0.438. The Hall–Kier alpha value is -1.85. The van der Waals surface area contributed by atoms with Crippen LogP contribution in [0.25, 0.3) is 11.0 Å². The predicted molar refractivity (Wildman–Crippen MR) is 81.2 cm³/mol. The zero-order valence-electron chi connectivity index (χ0n) is 12.1. The molecule has 5 nitrogen and oxygen atoms in total. The van der Waals surface area contributed by atoms with E-state index < -0.39 is 5.63 Å². The van der Waals surface area contributed by atoms with Gasteiger partial charge in [0.2, 0.25) is 0 Å². The van der Waals surface area contributed by atoms with E-state index in [1.807, 2.05) is 7.05 Å². The van der Waals surface area contributed by atoms with Gasteiger partial charge in [-0.2, -0.15) is 0 Å². The van der Waals surface area contributed by atoms with Crippen LogP contribution in [0.3, 0.4) is 0 Å². The normalized spacial score (nSPS) is 16.5. The second kappa shape index (κ2) is 5.50. The summed E-state index contributed by atoms with van der Waals surface area (Å²) in [6.07, 6.45) is 2.47. The quantitative estimate of drug-likeness (QED) is 0.818. The number of nitrogens with two attached hydrogens (primary N) is 1. The summed E-state index contributed by atoms with van der Waals surface area (Å²) in [5, 5.41) is 10.4. The highest BCUT2D eigenvalue weighted by Crippen LogP contribution is 2.35. The number of hydrogen-bond donors (Lipinski definition) is 2. The molecular weight excluding hydrogens is 268 g/mol. The Morgan fingerprint density at radius 2 is 2.19 bits per heavy atom. The van der Waals surface area contributed by atoms with Gasteiger partial charge in [-0.05, 0) is 43.5 Å². The lowest BCUT2D eigenvalue weighted by Gasteiger charge is -2.27. The van der Waals surface area contributed by atoms with Crippen LogP contribution in [-0.4, -0.2) is 29.6 Å². The molecule has 3 N–H and O–H groups in total. The first kappa shape index (κ1) is 14.1. The molecule has 1 aliphatic rings. The third-order valence-electron chi connectivity index (χ3n) is 4.21. The summed E-state index contributed by atoms with van der Waals surface area (Å²) < 4.78 is 5.15. The van der Waals surface area contributed by atoms with Crippen LogP contribution in [0.1, 0.15) is 18.4 Å². The number of nitrogens with zero attached hydrogens (tertiary/aromatic N) is 1. The zero-order chi connectivity index (χ0) is 15.0. The summed E-state index contributed by atoms with van der Waals surface area (Å²) in [6, 6.07) is 6.74. The van der Waals surface area contributed by atoms with Gasteiger partial charge < -0.3 is 15.3 Å². The van der Waals surface area contributed by atoms with Crippen LogP contribution in [0.15, 0.2) is 33.5 Å². The van der Waals surface area contributed by atoms with Crippen molar-refractivity contribution < 1.29 is 9.52 Å². The van der Waals surface area contributed by atoms with Crippen LogP contribution in [-0.2, 0) is 6.54 Å². The molecule has 112 valence electrons. The molecule has 2 aromatic rings. The van der Waals surface area contributed by atoms with Crippen LogP contribution < -0.4 is 11.4 Å². The highest BCUT2D eigenvalue weighted by Gasteiger charge is 2.32. The van der Waals surface area contributed by atoms with Gasteiger partial charge in [0.25, 0.3) is 0 Å². The molecule has 0 saturated heterocycles. The highest BCUT2D eigenvalue weighted by atomic mass is 16.4. The van der Waals surface area contributed by atoms with Crippen molar-refractivity contribution in [1.82, 2.24) is 4.90 Å². The van der Waals surface area contributed by atoms with Crippen LogP contribution in [0.4, 0.5) is 0 Å². The Morgan fingerprint density at radius 1 is 1.43 bits per heavy atom. The van der Waals surface area contributed by atoms with E-state index in [9.17, 15) is 9.90 Å². The van der Waals surface area contributed by atoms with Crippen LogP contribution >= 0.6 is 0 Å². The van der Waals surface area contributed by atoms with Gasteiger partial charge in [-0.15, -0.1) is 0 Å². The molecule has 1 aromatic carbocycles. The molecule has 0 aliphatic heterocycles. The average molecular weight is 288 g/mol. The Morgan fingerprint density at radius 3 is 2.86 bits per heavy atom. The molecule has 1 heterocycles. The first-order valence-corrected chi connectivity index (χ1v) is 7.24. The van der Waals surface area contributed by atoms with Crippen LogP contribution in [0, 0.1) is 5.92 Å². The van der Waals surface area contributed by atoms with Crippen molar-refractivity contribution in [2.75, 3.05) is 13.6 Å². The third kappa shape index (κ3) is 2.94. The number of aromatic hydroxyl groups is 1. The van der Waals surface area contributed by atoms with Gasteiger partial charge in [0, 0.05) is 36.7 Å². The highest BCUT2D eigenvalue weighted by molar-refractivity contribution is 5.81. The van der Waals surface area contributed by atoms with E-state index in [2.05, 4.69) is 4.90 Å². The molecule has 1 unspecified atom stereocenters. The minimum absolute atomic E-state index is 0.0916. The minimum Gasteiger partial charge on any atom is -0.508 e. The first-order valence-electron chi connectivity index (χ1n) is 7.24. The second-order valence-corrected chi connectivity index (χ2v) is 5.83. The lowest BCUT2D eigenvalue weighted by Crippen LogP contribution is -2.39. The van der Waals surface area contributed by atoms with E-state index in [1.165, 1.54) is 25.0 Å². The summed E-state index contributed by atoms with van der Waals surface area (Å²) in [5.41, 5.74) is 6.80. The zero-order valence-corrected chi connectivity index (χ0v) is 12.1. The Balaban J connectivity index is 1.94. The first-order chi connectivity index (χ1) is 10.1. The lowest BCUT2D eigenvalue weighted by atomic mass is 10.1.